The molecule has 9 nitrogen and oxygen atoms in total. The number of ether oxygens (including phenoxy) is 2. The molecule has 0 atom stereocenters. The van der Waals surface area contributed by atoms with Crippen molar-refractivity contribution in [3.05, 3.63) is 36.5 Å². The number of anilines is 1. The minimum Gasteiger partial charge on any atom is -0.481 e. The fraction of sp³-hybridized carbons (Fsp3) is 0.154. The first-order chi connectivity index (χ1) is 12.2. The molecule has 26 heavy (non-hydrogen) atoms. The molecule has 2 heterocycles. The van der Waals surface area contributed by atoms with Crippen LogP contribution in [0, 0.1) is 0 Å². The van der Waals surface area contributed by atoms with E-state index in [1.54, 1.807) is 0 Å². The van der Waals surface area contributed by atoms with Gasteiger partial charge in [-0.25, -0.2) is 4.52 Å². The molecule has 3 aromatic rings. The molecule has 1 N–H and O–H groups in total. The van der Waals surface area contributed by atoms with Crippen molar-refractivity contribution < 1.29 is 31.1 Å². The van der Waals surface area contributed by atoms with Crippen molar-refractivity contribution in [1.29, 1.82) is 0 Å². The van der Waals surface area contributed by atoms with E-state index in [0.29, 0.717) is 0 Å². The lowest BCUT2D eigenvalue weighted by atomic mass is 10.3. The topological polar surface area (TPSA) is 108 Å². The lowest BCUT2D eigenvalue weighted by molar-refractivity contribution is -0.274. The van der Waals surface area contributed by atoms with Crippen LogP contribution in [0.4, 0.5) is 18.9 Å². The van der Waals surface area contributed by atoms with Gasteiger partial charge in [0.05, 0.1) is 7.11 Å². The summed E-state index contributed by atoms with van der Waals surface area (Å²) in [7, 11) is -2.79. The van der Waals surface area contributed by atoms with Gasteiger partial charge in [-0.1, -0.05) is 0 Å². The van der Waals surface area contributed by atoms with E-state index in [1.165, 1.54) is 19.4 Å². The number of fused-ring (bicyclic) bond motifs is 1. The molecule has 3 rings (SSSR count). The van der Waals surface area contributed by atoms with Gasteiger partial charge in [-0.2, -0.15) is 18.4 Å². The summed E-state index contributed by atoms with van der Waals surface area (Å²) < 4.78 is 72.9. The van der Waals surface area contributed by atoms with Crippen molar-refractivity contribution in [2.75, 3.05) is 11.8 Å². The molecule has 0 aliphatic rings. The standard InChI is InChI=1S/C13H10F3N5O4S/c1-24-10-6-7-21-11(17-10)18-12(19-21)26(22,23)20-8-2-4-9(5-3-8)25-13(14,15)16/h2-7,20H,1H3. The fourth-order valence-corrected chi connectivity index (χ4v) is 2.83. The summed E-state index contributed by atoms with van der Waals surface area (Å²) in [6.07, 6.45) is -3.42. The number of nitrogens with zero attached hydrogens (tertiary/aromatic N) is 4. The highest BCUT2D eigenvalue weighted by Gasteiger charge is 2.31. The van der Waals surface area contributed by atoms with Crippen LogP contribution in [0.3, 0.4) is 0 Å². The van der Waals surface area contributed by atoms with E-state index in [4.69, 9.17) is 4.74 Å². The van der Waals surface area contributed by atoms with E-state index in [0.717, 1.165) is 28.8 Å². The smallest absolute Gasteiger partial charge is 0.481 e. The Morgan fingerprint density at radius 1 is 1.12 bits per heavy atom. The van der Waals surface area contributed by atoms with Gasteiger partial charge in [0.15, 0.2) is 0 Å². The zero-order valence-corrected chi connectivity index (χ0v) is 13.7. The number of alkyl halides is 3. The average Bonchev–Trinajstić information content (AvgIpc) is 2.99. The molecule has 0 fully saturated rings. The van der Waals surface area contributed by atoms with E-state index < -0.39 is 27.3 Å². The minimum atomic E-state index is -4.84. The molecule has 2 aromatic heterocycles. The number of halogens is 3. The average molecular weight is 389 g/mol. The van der Waals surface area contributed by atoms with Gasteiger partial charge in [0.1, 0.15) is 5.75 Å². The van der Waals surface area contributed by atoms with Gasteiger partial charge in [-0.15, -0.1) is 18.3 Å². The molecule has 0 aliphatic heterocycles. The number of methoxy groups -OCH3 is 1. The summed E-state index contributed by atoms with van der Waals surface area (Å²) in [5.74, 6) is -0.261. The Kier molecular flexibility index (Phi) is 4.31. The van der Waals surface area contributed by atoms with Crippen LogP contribution >= 0.6 is 0 Å². The molecule has 0 aliphatic carbocycles. The largest absolute Gasteiger partial charge is 0.573 e. The normalized spacial score (nSPS) is 12.2. The highest BCUT2D eigenvalue weighted by molar-refractivity contribution is 7.92. The fourth-order valence-electron chi connectivity index (χ4n) is 1.90. The van der Waals surface area contributed by atoms with E-state index in [9.17, 15) is 21.6 Å². The SMILES string of the molecule is COc1ccn2nc(S(=O)(=O)Nc3ccc(OC(F)(F)F)cc3)nc2n1. The maximum atomic E-state index is 12.3. The lowest BCUT2D eigenvalue weighted by Crippen LogP contribution is -2.17. The first-order valence-electron chi connectivity index (χ1n) is 6.82. The van der Waals surface area contributed by atoms with E-state index in [-0.39, 0.29) is 17.3 Å². The Morgan fingerprint density at radius 3 is 2.42 bits per heavy atom. The van der Waals surface area contributed by atoms with Gasteiger partial charge >= 0.3 is 6.36 Å². The van der Waals surface area contributed by atoms with Crippen molar-refractivity contribution in [2.45, 2.75) is 11.5 Å². The van der Waals surface area contributed by atoms with Crippen molar-refractivity contribution in [1.82, 2.24) is 19.6 Å². The molecular formula is C13H10F3N5O4S. The third-order valence-corrected chi connectivity index (χ3v) is 4.11. The highest BCUT2D eigenvalue weighted by Crippen LogP contribution is 2.24. The van der Waals surface area contributed by atoms with Crippen LogP contribution in [0.2, 0.25) is 0 Å². The van der Waals surface area contributed by atoms with Crippen LogP contribution in [0.25, 0.3) is 5.78 Å². The highest BCUT2D eigenvalue weighted by atomic mass is 32.2. The van der Waals surface area contributed by atoms with Gasteiger partial charge in [-0.3, -0.25) is 4.72 Å². The van der Waals surface area contributed by atoms with Gasteiger partial charge in [-0.05, 0) is 24.3 Å². The van der Waals surface area contributed by atoms with E-state index in [1.807, 2.05) is 0 Å². The van der Waals surface area contributed by atoms with Crippen molar-refractivity contribution in [3.63, 3.8) is 0 Å². The lowest BCUT2D eigenvalue weighted by Gasteiger charge is -2.09. The number of benzene rings is 1. The van der Waals surface area contributed by atoms with Crippen molar-refractivity contribution in [3.8, 4) is 11.6 Å². The molecule has 0 amide bonds. The van der Waals surface area contributed by atoms with E-state index >= 15 is 0 Å². The molecule has 1 aromatic carbocycles. The van der Waals surface area contributed by atoms with Crippen LogP contribution in [0.15, 0.2) is 41.7 Å². The first kappa shape index (κ1) is 17.7. The number of hydrogen-bond acceptors (Lipinski definition) is 7. The molecule has 0 unspecified atom stereocenters. The molecule has 0 saturated carbocycles. The predicted molar refractivity (Wildman–Crippen MR) is 81.3 cm³/mol. The Morgan fingerprint density at radius 2 is 1.81 bits per heavy atom. The second-order valence-corrected chi connectivity index (χ2v) is 6.36. The first-order valence-corrected chi connectivity index (χ1v) is 8.31. The van der Waals surface area contributed by atoms with Crippen LogP contribution in [0.5, 0.6) is 11.6 Å². The zero-order valence-electron chi connectivity index (χ0n) is 12.9. The maximum absolute atomic E-state index is 12.3. The third kappa shape index (κ3) is 3.93. The molecular weight excluding hydrogens is 379 g/mol. The molecule has 138 valence electrons. The van der Waals surface area contributed by atoms with Gasteiger partial charge in [0, 0.05) is 18.0 Å². The summed E-state index contributed by atoms with van der Waals surface area (Å²) in [5, 5.41) is 3.22. The number of aromatic nitrogens is 4. The molecule has 0 saturated heterocycles. The van der Waals surface area contributed by atoms with Gasteiger partial charge in [0.25, 0.3) is 21.0 Å². The Labute approximate surface area is 144 Å². The second-order valence-electron chi connectivity index (χ2n) is 4.79. The monoisotopic (exact) mass is 389 g/mol. The van der Waals surface area contributed by atoms with Crippen molar-refractivity contribution >= 4 is 21.5 Å². The van der Waals surface area contributed by atoms with Gasteiger partial charge in [0.2, 0.25) is 5.88 Å². The summed E-state index contributed by atoms with van der Waals surface area (Å²) in [6, 6.07) is 5.61. The Hall–Kier alpha value is -3.09. The molecule has 0 bridgehead atoms. The summed E-state index contributed by atoms with van der Waals surface area (Å²) >= 11 is 0. The Balaban J connectivity index is 1.82. The van der Waals surface area contributed by atoms with Crippen LogP contribution in [-0.4, -0.2) is 41.5 Å². The predicted octanol–water partition coefficient (Wildman–Crippen LogP) is 1.83. The second kappa shape index (κ2) is 6.33. The maximum Gasteiger partial charge on any atom is 0.573 e. The van der Waals surface area contributed by atoms with Crippen LogP contribution < -0.4 is 14.2 Å². The van der Waals surface area contributed by atoms with Crippen molar-refractivity contribution in [2.24, 2.45) is 0 Å². The van der Waals surface area contributed by atoms with Crippen LogP contribution in [0.1, 0.15) is 0 Å². The Bertz CT molecular complexity index is 1030. The van der Waals surface area contributed by atoms with E-state index in [2.05, 4.69) is 24.5 Å². The quantitative estimate of drug-likeness (QED) is 0.709. The molecule has 0 spiro atoms. The zero-order chi connectivity index (χ0) is 18.9. The van der Waals surface area contributed by atoms with Gasteiger partial charge < -0.3 is 9.47 Å². The third-order valence-electron chi connectivity index (χ3n) is 2.95. The molecule has 13 heteroatoms. The van der Waals surface area contributed by atoms with Crippen LogP contribution in [-0.2, 0) is 10.0 Å². The summed E-state index contributed by atoms with van der Waals surface area (Å²) in [6.45, 7) is 0. The minimum absolute atomic E-state index is 0.00125. The number of nitrogens with one attached hydrogen (secondary N) is 1. The molecule has 0 radical (unpaired) electrons. The summed E-state index contributed by atoms with van der Waals surface area (Å²) in [4.78, 5) is 7.72. The number of rotatable bonds is 5. The number of hydrogen-bond donors (Lipinski definition) is 1. The number of sulfonamides is 1. The summed E-state index contributed by atoms with van der Waals surface area (Å²) in [5.41, 5.74) is 0.00363.